The van der Waals surface area contributed by atoms with E-state index < -0.39 is 0 Å². The normalized spacial score (nSPS) is 34.4. The summed E-state index contributed by atoms with van der Waals surface area (Å²) in [5.74, 6) is 1.71. The molecule has 17 heavy (non-hydrogen) atoms. The highest BCUT2D eigenvalue weighted by molar-refractivity contribution is 4.88. The van der Waals surface area contributed by atoms with Crippen LogP contribution in [0.4, 0.5) is 0 Å². The molecule has 2 atom stereocenters. The van der Waals surface area contributed by atoms with Crippen LogP contribution in [-0.2, 0) is 4.74 Å². The van der Waals surface area contributed by atoms with Crippen molar-refractivity contribution in [2.45, 2.75) is 38.1 Å². The van der Waals surface area contributed by atoms with E-state index in [0.717, 1.165) is 31.1 Å². The van der Waals surface area contributed by atoms with Crippen molar-refractivity contribution in [3.8, 4) is 0 Å². The largest absolute Gasteiger partial charge is 0.381 e. The molecule has 0 radical (unpaired) electrons. The fourth-order valence-corrected chi connectivity index (χ4v) is 3.28. The molecule has 1 saturated carbocycles. The molecule has 2 unspecified atom stereocenters. The van der Waals surface area contributed by atoms with Crippen molar-refractivity contribution in [1.82, 2.24) is 10.2 Å². The Labute approximate surface area is 105 Å². The first-order valence-electron chi connectivity index (χ1n) is 7.44. The molecule has 0 aromatic rings. The zero-order valence-corrected chi connectivity index (χ0v) is 10.9. The number of nitrogens with one attached hydrogen (secondary N) is 1. The minimum Gasteiger partial charge on any atom is -0.381 e. The van der Waals surface area contributed by atoms with Gasteiger partial charge in [0.2, 0.25) is 0 Å². The van der Waals surface area contributed by atoms with Crippen LogP contribution in [0.2, 0.25) is 0 Å². The molecule has 2 saturated heterocycles. The van der Waals surface area contributed by atoms with E-state index in [1.165, 1.54) is 58.3 Å². The van der Waals surface area contributed by atoms with Crippen LogP contribution in [0.5, 0.6) is 0 Å². The van der Waals surface area contributed by atoms with Crippen molar-refractivity contribution >= 4 is 0 Å². The molecule has 0 amide bonds. The second-order valence-corrected chi connectivity index (χ2v) is 6.13. The van der Waals surface area contributed by atoms with Gasteiger partial charge in [0.05, 0.1) is 6.61 Å². The van der Waals surface area contributed by atoms with Crippen molar-refractivity contribution in [2.24, 2.45) is 11.8 Å². The Morgan fingerprint density at radius 1 is 1.06 bits per heavy atom. The standard InChI is InChI=1S/C14H26N2O/c1-2-12(8-15-6-1)9-16(14-3-4-14)10-13-5-7-17-11-13/h12-15H,1-11H2. The summed E-state index contributed by atoms with van der Waals surface area (Å²) >= 11 is 0. The zero-order chi connectivity index (χ0) is 11.5. The maximum absolute atomic E-state index is 5.51. The maximum atomic E-state index is 5.51. The average molecular weight is 238 g/mol. The van der Waals surface area contributed by atoms with Gasteiger partial charge < -0.3 is 10.1 Å². The molecule has 3 fully saturated rings. The number of hydrogen-bond acceptors (Lipinski definition) is 3. The highest BCUT2D eigenvalue weighted by Crippen LogP contribution is 2.30. The van der Waals surface area contributed by atoms with Gasteiger partial charge in [-0.15, -0.1) is 0 Å². The van der Waals surface area contributed by atoms with Gasteiger partial charge in [-0.3, -0.25) is 4.90 Å². The summed E-state index contributed by atoms with van der Waals surface area (Å²) in [6.45, 7) is 7.09. The molecular weight excluding hydrogens is 212 g/mol. The monoisotopic (exact) mass is 238 g/mol. The molecule has 1 aliphatic carbocycles. The fourth-order valence-electron chi connectivity index (χ4n) is 3.28. The van der Waals surface area contributed by atoms with Crippen LogP contribution in [0, 0.1) is 11.8 Å². The molecular formula is C14H26N2O. The van der Waals surface area contributed by atoms with Crippen LogP contribution in [0.1, 0.15) is 32.1 Å². The van der Waals surface area contributed by atoms with Crippen LogP contribution < -0.4 is 5.32 Å². The van der Waals surface area contributed by atoms with E-state index in [1.807, 2.05) is 0 Å². The third-order valence-corrected chi connectivity index (χ3v) is 4.47. The quantitative estimate of drug-likeness (QED) is 0.785. The zero-order valence-electron chi connectivity index (χ0n) is 10.9. The molecule has 1 N–H and O–H groups in total. The molecule has 2 heterocycles. The van der Waals surface area contributed by atoms with Crippen LogP contribution >= 0.6 is 0 Å². The lowest BCUT2D eigenvalue weighted by atomic mass is 9.98. The number of hydrogen-bond donors (Lipinski definition) is 1. The van der Waals surface area contributed by atoms with Crippen LogP contribution in [0.25, 0.3) is 0 Å². The van der Waals surface area contributed by atoms with Crippen LogP contribution in [-0.4, -0.2) is 50.3 Å². The van der Waals surface area contributed by atoms with E-state index in [2.05, 4.69) is 10.2 Å². The lowest BCUT2D eigenvalue weighted by Crippen LogP contribution is -2.41. The highest BCUT2D eigenvalue weighted by atomic mass is 16.5. The van der Waals surface area contributed by atoms with Crippen LogP contribution in [0.3, 0.4) is 0 Å². The molecule has 3 heteroatoms. The first kappa shape index (κ1) is 11.9. The minimum atomic E-state index is 0.812. The van der Waals surface area contributed by atoms with Gasteiger partial charge >= 0.3 is 0 Å². The maximum Gasteiger partial charge on any atom is 0.0507 e. The third kappa shape index (κ3) is 3.43. The minimum absolute atomic E-state index is 0.812. The SMILES string of the molecule is C1CNCC(CN(CC2CCOC2)C2CC2)C1. The summed E-state index contributed by atoms with van der Waals surface area (Å²) in [5, 5.41) is 3.54. The molecule has 2 aliphatic heterocycles. The summed E-state index contributed by atoms with van der Waals surface area (Å²) < 4.78 is 5.51. The van der Waals surface area contributed by atoms with Gasteiger partial charge in [-0.2, -0.15) is 0 Å². The van der Waals surface area contributed by atoms with Crippen molar-refractivity contribution in [1.29, 1.82) is 0 Å². The summed E-state index contributed by atoms with van der Waals surface area (Å²) in [6, 6.07) is 0.914. The summed E-state index contributed by atoms with van der Waals surface area (Å²) in [7, 11) is 0. The van der Waals surface area contributed by atoms with E-state index in [4.69, 9.17) is 4.74 Å². The number of ether oxygens (including phenoxy) is 1. The molecule has 98 valence electrons. The predicted octanol–water partition coefficient (Wildman–Crippen LogP) is 1.49. The van der Waals surface area contributed by atoms with Gasteiger partial charge in [0.1, 0.15) is 0 Å². The Balaban J connectivity index is 1.48. The van der Waals surface area contributed by atoms with E-state index in [9.17, 15) is 0 Å². The lowest BCUT2D eigenvalue weighted by molar-refractivity contribution is 0.148. The van der Waals surface area contributed by atoms with Crippen molar-refractivity contribution in [3.63, 3.8) is 0 Å². The second-order valence-electron chi connectivity index (χ2n) is 6.13. The Bertz CT molecular complexity index is 230. The molecule has 0 spiro atoms. The van der Waals surface area contributed by atoms with Gasteiger partial charge in [-0.1, -0.05) is 0 Å². The molecule has 3 nitrogen and oxygen atoms in total. The van der Waals surface area contributed by atoms with E-state index in [-0.39, 0.29) is 0 Å². The van der Waals surface area contributed by atoms with E-state index >= 15 is 0 Å². The Kier molecular flexibility index (Phi) is 3.99. The molecule has 3 rings (SSSR count). The third-order valence-electron chi connectivity index (χ3n) is 4.47. The number of nitrogens with zero attached hydrogens (tertiary/aromatic N) is 1. The predicted molar refractivity (Wildman–Crippen MR) is 69.1 cm³/mol. The molecule has 0 bridgehead atoms. The summed E-state index contributed by atoms with van der Waals surface area (Å²) in [4.78, 5) is 2.77. The summed E-state index contributed by atoms with van der Waals surface area (Å²) in [6.07, 6.45) is 6.96. The topological polar surface area (TPSA) is 24.5 Å². The van der Waals surface area contributed by atoms with Gasteiger partial charge in [-0.25, -0.2) is 0 Å². The van der Waals surface area contributed by atoms with E-state index in [0.29, 0.717) is 0 Å². The highest BCUT2D eigenvalue weighted by Gasteiger charge is 2.33. The van der Waals surface area contributed by atoms with Crippen LogP contribution in [0.15, 0.2) is 0 Å². The molecule has 0 aromatic carbocycles. The smallest absolute Gasteiger partial charge is 0.0507 e. The fraction of sp³-hybridized carbons (Fsp3) is 1.00. The van der Waals surface area contributed by atoms with Crippen molar-refractivity contribution in [2.75, 3.05) is 39.4 Å². The van der Waals surface area contributed by atoms with Gasteiger partial charge in [0.25, 0.3) is 0 Å². The number of piperidine rings is 1. The summed E-state index contributed by atoms with van der Waals surface area (Å²) in [5.41, 5.74) is 0. The van der Waals surface area contributed by atoms with Gasteiger partial charge in [0.15, 0.2) is 0 Å². The lowest BCUT2D eigenvalue weighted by Gasteiger charge is -2.31. The van der Waals surface area contributed by atoms with Gasteiger partial charge in [-0.05, 0) is 57.0 Å². The van der Waals surface area contributed by atoms with Crippen molar-refractivity contribution < 1.29 is 4.74 Å². The molecule has 3 aliphatic rings. The van der Waals surface area contributed by atoms with Crippen molar-refractivity contribution in [3.05, 3.63) is 0 Å². The van der Waals surface area contributed by atoms with Gasteiger partial charge in [0, 0.05) is 25.7 Å². The molecule has 0 aromatic heterocycles. The Hall–Kier alpha value is -0.120. The Morgan fingerprint density at radius 2 is 1.94 bits per heavy atom. The van der Waals surface area contributed by atoms with E-state index in [1.54, 1.807) is 0 Å². The Morgan fingerprint density at radius 3 is 2.59 bits per heavy atom. The number of rotatable bonds is 5. The second kappa shape index (κ2) is 5.68. The first-order valence-corrected chi connectivity index (χ1v) is 7.44. The average Bonchev–Trinajstić information content (AvgIpc) is 3.09. The first-order chi connectivity index (χ1) is 8.42.